The molecule has 0 aromatic heterocycles. The Hall–Kier alpha value is -0.770. The Labute approximate surface area is 55.5 Å². The highest BCUT2D eigenvalue weighted by Crippen LogP contribution is 1.68. The van der Waals surface area contributed by atoms with Crippen molar-refractivity contribution in [3.8, 4) is 0 Å². The largest absolute Gasteiger partial charge is 0.355 e. The van der Waals surface area contributed by atoms with Crippen LogP contribution in [0.4, 0.5) is 0 Å². The number of nitrogens with two attached hydrogens (primary N) is 1. The smallest absolute Gasteiger partial charge is 0.205 e. The van der Waals surface area contributed by atoms with Gasteiger partial charge in [-0.3, -0.25) is 10.4 Å². The molecule has 0 rings (SSSR count). The Morgan fingerprint density at radius 2 is 2.33 bits per heavy atom. The summed E-state index contributed by atoms with van der Waals surface area (Å²) in [5.41, 5.74) is 2.43. The minimum atomic E-state index is 0.636. The van der Waals surface area contributed by atoms with Crippen molar-refractivity contribution in [3.05, 3.63) is 0 Å². The number of hydrogen-bond acceptors (Lipinski definition) is 2. The molecule has 54 valence electrons. The molecule has 0 heterocycles. The van der Waals surface area contributed by atoms with Gasteiger partial charge in [0.05, 0.1) is 0 Å². The van der Waals surface area contributed by atoms with E-state index in [4.69, 9.17) is 5.84 Å². The lowest BCUT2D eigenvalue weighted by molar-refractivity contribution is 0.799. The Bertz CT molecular complexity index is 89.0. The van der Waals surface area contributed by atoms with Crippen molar-refractivity contribution in [1.82, 2.24) is 10.7 Å². The first-order valence-electron chi connectivity index (χ1n) is 3.02. The first kappa shape index (κ1) is 8.23. The van der Waals surface area contributed by atoms with Crippen molar-refractivity contribution in [2.24, 2.45) is 10.8 Å². The van der Waals surface area contributed by atoms with Gasteiger partial charge in [0.25, 0.3) is 0 Å². The molecule has 0 bridgehead atoms. The summed E-state index contributed by atoms with van der Waals surface area (Å²) < 4.78 is 0. The van der Waals surface area contributed by atoms with Crippen molar-refractivity contribution in [3.63, 3.8) is 0 Å². The van der Waals surface area contributed by atoms with Crippen molar-refractivity contribution in [2.75, 3.05) is 13.6 Å². The average Bonchev–Trinajstić information content (AvgIpc) is 1.91. The van der Waals surface area contributed by atoms with Crippen LogP contribution in [-0.4, -0.2) is 19.6 Å². The maximum atomic E-state index is 5.08. The highest BCUT2D eigenvalue weighted by atomic mass is 15.3. The van der Waals surface area contributed by atoms with Gasteiger partial charge in [0.2, 0.25) is 5.96 Å². The summed E-state index contributed by atoms with van der Waals surface area (Å²) in [7, 11) is 1.68. The fraction of sp³-hybridized carbons (Fsp3) is 0.800. The van der Waals surface area contributed by atoms with Gasteiger partial charge >= 0.3 is 0 Å². The molecule has 0 atom stereocenters. The second-order valence-electron chi connectivity index (χ2n) is 1.64. The molecule has 0 aliphatic rings. The average molecular weight is 130 g/mol. The van der Waals surface area contributed by atoms with E-state index < -0.39 is 0 Å². The van der Waals surface area contributed by atoms with Crippen LogP contribution in [0.1, 0.15) is 13.3 Å². The fourth-order valence-electron chi connectivity index (χ4n) is 0.438. The lowest BCUT2D eigenvalue weighted by Gasteiger charge is -2.04. The minimum Gasteiger partial charge on any atom is -0.355 e. The van der Waals surface area contributed by atoms with Gasteiger partial charge in [0.15, 0.2) is 0 Å². The Balaban J connectivity index is 3.33. The van der Waals surface area contributed by atoms with Gasteiger partial charge in [0, 0.05) is 13.6 Å². The third-order valence-corrected chi connectivity index (χ3v) is 0.903. The summed E-state index contributed by atoms with van der Waals surface area (Å²) in [6.45, 7) is 2.98. The van der Waals surface area contributed by atoms with Crippen molar-refractivity contribution < 1.29 is 0 Å². The molecule has 0 aliphatic heterocycles. The minimum absolute atomic E-state index is 0.636. The molecule has 0 spiro atoms. The van der Waals surface area contributed by atoms with E-state index in [0.717, 1.165) is 13.0 Å². The molecule has 0 aliphatic carbocycles. The molecule has 0 aromatic carbocycles. The summed E-state index contributed by atoms with van der Waals surface area (Å²) in [5.74, 6) is 5.72. The van der Waals surface area contributed by atoms with E-state index in [0.29, 0.717) is 5.96 Å². The number of nitrogens with one attached hydrogen (secondary N) is 2. The summed E-state index contributed by atoms with van der Waals surface area (Å²) in [5, 5.41) is 2.98. The standard InChI is InChI=1S/C5H14N4/c1-3-4-8-5(7-2)9-6/h3-4,6H2,1-2H3,(H2,7,8,9). The van der Waals surface area contributed by atoms with Crippen LogP contribution in [0.3, 0.4) is 0 Å². The Morgan fingerprint density at radius 1 is 1.67 bits per heavy atom. The molecule has 0 unspecified atom stereocenters. The second kappa shape index (κ2) is 5.37. The van der Waals surface area contributed by atoms with E-state index in [1.165, 1.54) is 0 Å². The summed E-state index contributed by atoms with van der Waals surface area (Å²) in [6, 6.07) is 0. The lowest BCUT2D eigenvalue weighted by Crippen LogP contribution is -2.41. The van der Waals surface area contributed by atoms with Crippen LogP contribution in [-0.2, 0) is 0 Å². The van der Waals surface area contributed by atoms with Crippen molar-refractivity contribution >= 4 is 5.96 Å². The van der Waals surface area contributed by atoms with Gasteiger partial charge in [0.1, 0.15) is 0 Å². The molecule has 0 radical (unpaired) electrons. The molecular weight excluding hydrogens is 116 g/mol. The highest BCUT2D eigenvalue weighted by Gasteiger charge is 1.87. The maximum absolute atomic E-state index is 5.08. The van der Waals surface area contributed by atoms with E-state index in [2.05, 4.69) is 22.7 Å². The van der Waals surface area contributed by atoms with E-state index in [1.807, 2.05) is 0 Å². The first-order chi connectivity index (χ1) is 4.35. The first-order valence-corrected chi connectivity index (χ1v) is 3.02. The monoisotopic (exact) mass is 130 g/mol. The van der Waals surface area contributed by atoms with E-state index in [1.54, 1.807) is 7.05 Å². The molecule has 4 nitrogen and oxygen atoms in total. The molecule has 4 N–H and O–H groups in total. The molecular formula is C5H14N4. The van der Waals surface area contributed by atoms with Gasteiger partial charge in [-0.25, -0.2) is 5.84 Å². The Kier molecular flexibility index (Phi) is 4.91. The molecule has 0 saturated carbocycles. The van der Waals surface area contributed by atoms with Crippen LogP contribution in [0, 0.1) is 0 Å². The number of aliphatic imine (C=N–C) groups is 1. The zero-order valence-electron chi connectivity index (χ0n) is 5.94. The molecule has 9 heavy (non-hydrogen) atoms. The van der Waals surface area contributed by atoms with Gasteiger partial charge in [-0.05, 0) is 6.42 Å². The van der Waals surface area contributed by atoms with Gasteiger partial charge in [-0.2, -0.15) is 0 Å². The molecule has 0 saturated heterocycles. The quantitative estimate of drug-likeness (QED) is 0.203. The number of hydrazine groups is 1. The second-order valence-corrected chi connectivity index (χ2v) is 1.64. The summed E-state index contributed by atoms with van der Waals surface area (Å²) >= 11 is 0. The van der Waals surface area contributed by atoms with Crippen LogP contribution in [0.2, 0.25) is 0 Å². The summed E-state index contributed by atoms with van der Waals surface area (Å²) in [6.07, 6.45) is 1.07. The van der Waals surface area contributed by atoms with Gasteiger partial charge in [-0.15, -0.1) is 0 Å². The molecule has 0 amide bonds. The molecule has 0 aromatic rings. The topological polar surface area (TPSA) is 62.4 Å². The van der Waals surface area contributed by atoms with Crippen LogP contribution < -0.4 is 16.6 Å². The number of guanidine groups is 1. The zero-order valence-corrected chi connectivity index (χ0v) is 5.94. The Morgan fingerprint density at radius 3 is 2.67 bits per heavy atom. The van der Waals surface area contributed by atoms with Crippen LogP contribution >= 0.6 is 0 Å². The highest BCUT2D eigenvalue weighted by molar-refractivity contribution is 5.78. The molecule has 0 fully saturated rings. The third-order valence-electron chi connectivity index (χ3n) is 0.903. The number of hydrogen-bond donors (Lipinski definition) is 3. The fourth-order valence-corrected chi connectivity index (χ4v) is 0.438. The van der Waals surface area contributed by atoms with Crippen LogP contribution in [0.5, 0.6) is 0 Å². The van der Waals surface area contributed by atoms with E-state index in [-0.39, 0.29) is 0 Å². The molecule has 4 heteroatoms. The van der Waals surface area contributed by atoms with Crippen molar-refractivity contribution in [1.29, 1.82) is 0 Å². The summed E-state index contributed by atoms with van der Waals surface area (Å²) in [4.78, 5) is 3.81. The van der Waals surface area contributed by atoms with E-state index in [9.17, 15) is 0 Å². The van der Waals surface area contributed by atoms with Crippen LogP contribution in [0.15, 0.2) is 4.99 Å². The normalized spacial score (nSPS) is 11.2. The van der Waals surface area contributed by atoms with Crippen molar-refractivity contribution in [2.45, 2.75) is 13.3 Å². The predicted octanol–water partition coefficient (Wildman–Crippen LogP) is -0.565. The number of rotatable bonds is 2. The van der Waals surface area contributed by atoms with Gasteiger partial charge in [-0.1, -0.05) is 6.92 Å². The van der Waals surface area contributed by atoms with Crippen LogP contribution in [0.25, 0.3) is 0 Å². The number of nitrogens with zero attached hydrogens (tertiary/aromatic N) is 1. The van der Waals surface area contributed by atoms with E-state index >= 15 is 0 Å². The SMILES string of the molecule is CCCNC(=NC)NN. The lowest BCUT2D eigenvalue weighted by atomic mass is 10.5. The zero-order chi connectivity index (χ0) is 7.11. The maximum Gasteiger partial charge on any atom is 0.205 e. The third kappa shape index (κ3) is 3.78. The predicted molar refractivity (Wildman–Crippen MR) is 39.0 cm³/mol. The van der Waals surface area contributed by atoms with Gasteiger partial charge < -0.3 is 5.32 Å².